The SMILES string of the molecule is CC1=CCC(C(O)C(C)C)C(C)C1. The quantitative estimate of drug-likeness (QED) is 0.651. The Labute approximate surface area is 81.9 Å². The molecule has 0 amide bonds. The summed E-state index contributed by atoms with van der Waals surface area (Å²) in [4.78, 5) is 0. The zero-order valence-corrected chi connectivity index (χ0v) is 9.25. The van der Waals surface area contributed by atoms with Crippen LogP contribution in [-0.2, 0) is 0 Å². The Balaban J connectivity index is 2.61. The van der Waals surface area contributed by atoms with Crippen LogP contribution in [0.2, 0.25) is 0 Å². The fourth-order valence-electron chi connectivity index (χ4n) is 2.28. The summed E-state index contributed by atoms with van der Waals surface area (Å²) in [6.07, 6.45) is 4.39. The summed E-state index contributed by atoms with van der Waals surface area (Å²) in [6, 6.07) is 0. The first-order valence-corrected chi connectivity index (χ1v) is 5.36. The molecule has 0 aliphatic heterocycles. The Morgan fingerprint density at radius 1 is 1.46 bits per heavy atom. The van der Waals surface area contributed by atoms with Gasteiger partial charge in [0.05, 0.1) is 6.10 Å². The van der Waals surface area contributed by atoms with Crippen LogP contribution in [0.3, 0.4) is 0 Å². The zero-order valence-electron chi connectivity index (χ0n) is 9.25. The van der Waals surface area contributed by atoms with E-state index in [0.29, 0.717) is 17.8 Å². The van der Waals surface area contributed by atoms with Gasteiger partial charge in [-0.05, 0) is 37.5 Å². The third-order valence-corrected chi connectivity index (χ3v) is 3.24. The number of aliphatic hydroxyl groups excluding tert-OH is 1. The number of rotatable bonds is 2. The third kappa shape index (κ3) is 2.57. The molecular weight excluding hydrogens is 160 g/mol. The average molecular weight is 182 g/mol. The van der Waals surface area contributed by atoms with Gasteiger partial charge in [0.1, 0.15) is 0 Å². The molecule has 1 heteroatoms. The summed E-state index contributed by atoms with van der Waals surface area (Å²) in [5.41, 5.74) is 1.49. The van der Waals surface area contributed by atoms with Gasteiger partial charge >= 0.3 is 0 Å². The van der Waals surface area contributed by atoms with E-state index < -0.39 is 0 Å². The molecule has 0 fully saturated rings. The van der Waals surface area contributed by atoms with E-state index in [0.717, 1.165) is 12.8 Å². The summed E-state index contributed by atoms with van der Waals surface area (Å²) < 4.78 is 0. The van der Waals surface area contributed by atoms with E-state index in [-0.39, 0.29) is 6.10 Å². The van der Waals surface area contributed by atoms with Crippen molar-refractivity contribution in [3.63, 3.8) is 0 Å². The van der Waals surface area contributed by atoms with Crippen LogP contribution in [0, 0.1) is 17.8 Å². The summed E-state index contributed by atoms with van der Waals surface area (Å²) in [5.74, 6) is 1.50. The van der Waals surface area contributed by atoms with Crippen molar-refractivity contribution < 1.29 is 5.11 Å². The molecule has 3 unspecified atom stereocenters. The first kappa shape index (κ1) is 10.8. The van der Waals surface area contributed by atoms with Crippen LogP contribution < -0.4 is 0 Å². The Morgan fingerprint density at radius 2 is 2.08 bits per heavy atom. The third-order valence-electron chi connectivity index (χ3n) is 3.24. The van der Waals surface area contributed by atoms with Gasteiger partial charge in [-0.3, -0.25) is 0 Å². The number of allylic oxidation sites excluding steroid dienone is 2. The van der Waals surface area contributed by atoms with Crippen LogP contribution in [-0.4, -0.2) is 11.2 Å². The van der Waals surface area contributed by atoms with Crippen LogP contribution in [0.4, 0.5) is 0 Å². The number of hydrogen-bond acceptors (Lipinski definition) is 1. The van der Waals surface area contributed by atoms with Gasteiger partial charge in [0.25, 0.3) is 0 Å². The largest absolute Gasteiger partial charge is 0.393 e. The first-order valence-electron chi connectivity index (χ1n) is 5.36. The van der Waals surface area contributed by atoms with Crippen molar-refractivity contribution in [2.45, 2.75) is 46.6 Å². The summed E-state index contributed by atoms with van der Waals surface area (Å²) in [5, 5.41) is 9.98. The van der Waals surface area contributed by atoms with Crippen molar-refractivity contribution in [3.05, 3.63) is 11.6 Å². The maximum Gasteiger partial charge on any atom is 0.0596 e. The standard InChI is InChI=1S/C12H22O/c1-8(2)12(13)11-6-5-9(3)7-10(11)4/h5,8,10-13H,6-7H2,1-4H3. The zero-order chi connectivity index (χ0) is 10.0. The topological polar surface area (TPSA) is 20.2 Å². The molecule has 76 valence electrons. The van der Waals surface area contributed by atoms with E-state index in [2.05, 4.69) is 33.8 Å². The van der Waals surface area contributed by atoms with Crippen LogP contribution in [0.15, 0.2) is 11.6 Å². The molecule has 13 heavy (non-hydrogen) atoms. The molecule has 0 bridgehead atoms. The van der Waals surface area contributed by atoms with Gasteiger partial charge in [-0.1, -0.05) is 32.4 Å². The normalized spacial score (nSPS) is 31.7. The van der Waals surface area contributed by atoms with E-state index in [1.165, 1.54) is 5.57 Å². The molecule has 0 aromatic carbocycles. The van der Waals surface area contributed by atoms with E-state index in [9.17, 15) is 5.11 Å². The van der Waals surface area contributed by atoms with E-state index in [1.54, 1.807) is 0 Å². The highest BCUT2D eigenvalue weighted by atomic mass is 16.3. The maximum absolute atomic E-state index is 9.98. The number of aliphatic hydroxyl groups is 1. The lowest BCUT2D eigenvalue weighted by Crippen LogP contribution is -2.32. The molecule has 0 saturated heterocycles. The van der Waals surface area contributed by atoms with E-state index >= 15 is 0 Å². The Morgan fingerprint density at radius 3 is 2.54 bits per heavy atom. The lowest BCUT2D eigenvalue weighted by molar-refractivity contribution is 0.0370. The lowest BCUT2D eigenvalue weighted by atomic mass is 9.75. The molecule has 1 N–H and O–H groups in total. The van der Waals surface area contributed by atoms with Gasteiger partial charge in [-0.15, -0.1) is 0 Å². The van der Waals surface area contributed by atoms with Crippen molar-refractivity contribution >= 4 is 0 Å². The number of hydrogen-bond donors (Lipinski definition) is 1. The molecule has 1 aliphatic carbocycles. The maximum atomic E-state index is 9.98. The van der Waals surface area contributed by atoms with Crippen LogP contribution >= 0.6 is 0 Å². The molecule has 1 aliphatic rings. The highest BCUT2D eigenvalue weighted by molar-refractivity contribution is 5.06. The van der Waals surface area contributed by atoms with Crippen LogP contribution in [0.1, 0.15) is 40.5 Å². The van der Waals surface area contributed by atoms with Crippen LogP contribution in [0.25, 0.3) is 0 Å². The van der Waals surface area contributed by atoms with E-state index in [4.69, 9.17) is 0 Å². The Kier molecular flexibility index (Phi) is 3.55. The summed E-state index contributed by atoms with van der Waals surface area (Å²) >= 11 is 0. The molecule has 0 spiro atoms. The second-order valence-corrected chi connectivity index (χ2v) is 4.87. The summed E-state index contributed by atoms with van der Waals surface area (Å²) in [7, 11) is 0. The van der Waals surface area contributed by atoms with Gasteiger partial charge in [-0.2, -0.15) is 0 Å². The predicted molar refractivity (Wildman–Crippen MR) is 56.5 cm³/mol. The lowest BCUT2D eigenvalue weighted by Gasteiger charge is -2.33. The molecule has 1 rings (SSSR count). The molecule has 0 aromatic rings. The highest BCUT2D eigenvalue weighted by Crippen LogP contribution is 2.33. The highest BCUT2D eigenvalue weighted by Gasteiger charge is 2.28. The minimum atomic E-state index is -0.126. The van der Waals surface area contributed by atoms with Gasteiger partial charge < -0.3 is 5.11 Å². The Hall–Kier alpha value is -0.300. The van der Waals surface area contributed by atoms with Crippen molar-refractivity contribution in [1.82, 2.24) is 0 Å². The van der Waals surface area contributed by atoms with Crippen molar-refractivity contribution in [3.8, 4) is 0 Å². The monoisotopic (exact) mass is 182 g/mol. The molecular formula is C12H22O. The van der Waals surface area contributed by atoms with Gasteiger partial charge in [0.15, 0.2) is 0 Å². The summed E-state index contributed by atoms with van der Waals surface area (Å²) in [6.45, 7) is 8.65. The van der Waals surface area contributed by atoms with Crippen molar-refractivity contribution in [2.24, 2.45) is 17.8 Å². The molecule has 0 heterocycles. The second-order valence-electron chi connectivity index (χ2n) is 4.87. The van der Waals surface area contributed by atoms with Crippen molar-refractivity contribution in [1.29, 1.82) is 0 Å². The van der Waals surface area contributed by atoms with Gasteiger partial charge in [0.2, 0.25) is 0 Å². The molecule has 3 atom stereocenters. The molecule has 0 saturated carbocycles. The van der Waals surface area contributed by atoms with Crippen molar-refractivity contribution in [2.75, 3.05) is 0 Å². The minimum absolute atomic E-state index is 0.126. The van der Waals surface area contributed by atoms with E-state index in [1.807, 2.05) is 0 Å². The van der Waals surface area contributed by atoms with Gasteiger partial charge in [0, 0.05) is 0 Å². The smallest absolute Gasteiger partial charge is 0.0596 e. The molecule has 1 nitrogen and oxygen atoms in total. The molecule has 0 aromatic heterocycles. The fraction of sp³-hybridized carbons (Fsp3) is 0.833. The van der Waals surface area contributed by atoms with Gasteiger partial charge in [-0.25, -0.2) is 0 Å². The Bertz CT molecular complexity index is 193. The second kappa shape index (κ2) is 4.28. The van der Waals surface area contributed by atoms with Crippen LogP contribution in [0.5, 0.6) is 0 Å². The average Bonchev–Trinajstić information content (AvgIpc) is 2.03. The first-order chi connectivity index (χ1) is 6.02. The minimum Gasteiger partial charge on any atom is -0.393 e. The predicted octanol–water partition coefficient (Wildman–Crippen LogP) is 3.00. The fourth-order valence-corrected chi connectivity index (χ4v) is 2.28. The molecule has 0 radical (unpaired) electrons.